The maximum absolute atomic E-state index is 11.5. The third kappa shape index (κ3) is 22.4. The maximum Gasteiger partial charge on any atom is 0.335 e. The zero-order valence-corrected chi connectivity index (χ0v) is 24.9. The summed E-state index contributed by atoms with van der Waals surface area (Å²) in [5.74, 6) is -1.50. The Morgan fingerprint density at radius 3 is 1.15 bits per heavy atom. The lowest BCUT2D eigenvalue weighted by molar-refractivity contribution is -0.137. The normalized spacial score (nSPS) is 11.6. The Labute approximate surface area is 239 Å². The van der Waals surface area contributed by atoms with Crippen molar-refractivity contribution in [3.8, 4) is 0 Å². The number of carboxylic acids is 2. The third-order valence-electron chi connectivity index (χ3n) is 7.76. The van der Waals surface area contributed by atoms with Crippen molar-refractivity contribution in [2.75, 3.05) is 0 Å². The molecule has 4 nitrogen and oxygen atoms in total. The van der Waals surface area contributed by atoms with E-state index in [-0.39, 0.29) is 0 Å². The molecule has 222 valence electrons. The number of carbonyl (C=O) groups is 2. The minimum Gasteiger partial charge on any atom is -0.481 e. The van der Waals surface area contributed by atoms with E-state index in [0.29, 0.717) is 12.0 Å². The first kappa shape index (κ1) is 34.9. The van der Waals surface area contributed by atoms with Crippen LogP contribution in [0.25, 0.3) is 5.57 Å². The van der Waals surface area contributed by atoms with Crippen molar-refractivity contribution in [3.05, 3.63) is 42.0 Å². The summed E-state index contributed by atoms with van der Waals surface area (Å²) in [6.45, 7) is 0. The molecule has 0 aliphatic heterocycles. The summed E-state index contributed by atoms with van der Waals surface area (Å²) in [4.78, 5) is 22.0. The zero-order valence-electron chi connectivity index (χ0n) is 24.9. The summed E-state index contributed by atoms with van der Waals surface area (Å²) in [7, 11) is 0. The van der Waals surface area contributed by atoms with E-state index in [0.717, 1.165) is 31.2 Å². The molecule has 0 amide bonds. The fourth-order valence-corrected chi connectivity index (χ4v) is 5.33. The number of benzene rings is 1. The smallest absolute Gasteiger partial charge is 0.335 e. The molecular formula is C35H58O4. The van der Waals surface area contributed by atoms with E-state index in [1.807, 2.05) is 36.4 Å². The van der Waals surface area contributed by atoms with Gasteiger partial charge >= 0.3 is 11.9 Å². The van der Waals surface area contributed by atoms with Crippen molar-refractivity contribution < 1.29 is 19.8 Å². The Morgan fingerprint density at radius 2 is 0.821 bits per heavy atom. The molecule has 0 fully saturated rings. The van der Waals surface area contributed by atoms with Gasteiger partial charge in [-0.25, -0.2) is 4.79 Å². The average molecular weight is 543 g/mol. The van der Waals surface area contributed by atoms with Gasteiger partial charge in [-0.05, 0) is 24.8 Å². The molecule has 0 saturated carbocycles. The van der Waals surface area contributed by atoms with Crippen molar-refractivity contribution in [2.45, 2.75) is 161 Å². The second-order valence-electron chi connectivity index (χ2n) is 11.4. The molecule has 0 heterocycles. The van der Waals surface area contributed by atoms with Crippen molar-refractivity contribution in [1.82, 2.24) is 0 Å². The van der Waals surface area contributed by atoms with Crippen molar-refractivity contribution in [2.24, 2.45) is 0 Å². The minimum absolute atomic E-state index is 0.331. The number of aliphatic carboxylic acids is 2. The van der Waals surface area contributed by atoms with Gasteiger partial charge in [-0.15, -0.1) is 0 Å². The van der Waals surface area contributed by atoms with E-state index in [9.17, 15) is 14.7 Å². The molecule has 1 aromatic rings. The van der Waals surface area contributed by atoms with E-state index in [4.69, 9.17) is 5.11 Å². The SMILES string of the molecule is O=C(O)CCCCCCCCCCCCCCCCCCCCCCCCCC=C(C(=O)O)c1ccccc1. The van der Waals surface area contributed by atoms with Crippen LogP contribution in [0, 0.1) is 0 Å². The summed E-state index contributed by atoms with van der Waals surface area (Å²) in [5.41, 5.74) is 1.22. The van der Waals surface area contributed by atoms with Gasteiger partial charge in [0.1, 0.15) is 0 Å². The van der Waals surface area contributed by atoms with Gasteiger partial charge in [0, 0.05) is 6.42 Å². The lowest BCUT2D eigenvalue weighted by atomic mass is 10.0. The van der Waals surface area contributed by atoms with Crippen LogP contribution in [0.15, 0.2) is 36.4 Å². The molecule has 0 aromatic heterocycles. The highest BCUT2D eigenvalue weighted by molar-refractivity contribution is 6.15. The number of rotatable bonds is 28. The van der Waals surface area contributed by atoms with Gasteiger partial charge in [-0.3, -0.25) is 4.79 Å². The molecule has 0 radical (unpaired) electrons. The minimum atomic E-state index is -0.834. The van der Waals surface area contributed by atoms with Crippen LogP contribution in [0.2, 0.25) is 0 Å². The fraction of sp³-hybridized carbons (Fsp3) is 0.714. The van der Waals surface area contributed by atoms with Crippen LogP contribution >= 0.6 is 0 Å². The second kappa shape index (κ2) is 26.1. The predicted molar refractivity (Wildman–Crippen MR) is 165 cm³/mol. The van der Waals surface area contributed by atoms with E-state index < -0.39 is 11.9 Å². The van der Waals surface area contributed by atoms with Crippen molar-refractivity contribution in [1.29, 1.82) is 0 Å². The van der Waals surface area contributed by atoms with Gasteiger partial charge in [0.25, 0.3) is 0 Å². The summed E-state index contributed by atoms with van der Waals surface area (Å²) < 4.78 is 0. The molecule has 2 N–H and O–H groups in total. The first-order valence-corrected chi connectivity index (χ1v) is 16.3. The zero-order chi connectivity index (χ0) is 28.2. The van der Waals surface area contributed by atoms with Crippen LogP contribution in [-0.2, 0) is 9.59 Å². The Balaban J connectivity index is 1.76. The first-order valence-electron chi connectivity index (χ1n) is 16.3. The van der Waals surface area contributed by atoms with Crippen molar-refractivity contribution >= 4 is 17.5 Å². The summed E-state index contributed by atoms with van der Waals surface area (Å²) in [6.07, 6.45) is 33.0. The van der Waals surface area contributed by atoms with Crippen LogP contribution in [0.4, 0.5) is 0 Å². The molecule has 0 unspecified atom stereocenters. The summed E-state index contributed by atoms with van der Waals surface area (Å²) >= 11 is 0. The standard InChI is InChI=1S/C35H58O4/c36-34(37)31-27-22-20-18-16-14-12-10-8-6-4-2-1-3-5-7-9-11-13-15-17-19-21-26-30-33(35(38)39)32-28-24-23-25-29-32/h23-25,28-30H,1-22,26-27,31H2,(H,36,37)(H,38,39). The number of allylic oxidation sites excluding steroid dienone is 1. The Kier molecular flexibility index (Phi) is 23.4. The quantitative estimate of drug-likeness (QED) is 0.0815. The highest BCUT2D eigenvalue weighted by atomic mass is 16.4. The molecule has 1 rings (SSSR count). The molecule has 0 aliphatic rings. The topological polar surface area (TPSA) is 74.6 Å². The third-order valence-corrected chi connectivity index (χ3v) is 7.76. The average Bonchev–Trinajstić information content (AvgIpc) is 2.92. The number of carboxylic acid groups (broad SMARTS) is 2. The molecular weight excluding hydrogens is 484 g/mol. The highest BCUT2D eigenvalue weighted by Crippen LogP contribution is 2.18. The second-order valence-corrected chi connectivity index (χ2v) is 11.4. The molecule has 0 bridgehead atoms. The fourth-order valence-electron chi connectivity index (χ4n) is 5.33. The number of unbranched alkanes of at least 4 members (excludes halogenated alkanes) is 23. The molecule has 0 atom stereocenters. The van der Waals surface area contributed by atoms with E-state index in [1.54, 1.807) is 0 Å². The van der Waals surface area contributed by atoms with Gasteiger partial charge in [0.05, 0.1) is 5.57 Å². The molecule has 0 aliphatic carbocycles. The van der Waals surface area contributed by atoms with E-state index in [2.05, 4.69) is 0 Å². The maximum atomic E-state index is 11.5. The van der Waals surface area contributed by atoms with Gasteiger partial charge in [-0.1, -0.05) is 171 Å². The number of hydrogen-bond donors (Lipinski definition) is 2. The molecule has 1 aromatic carbocycles. The monoisotopic (exact) mass is 542 g/mol. The van der Waals surface area contributed by atoms with Gasteiger partial charge < -0.3 is 10.2 Å². The Morgan fingerprint density at radius 1 is 0.487 bits per heavy atom. The molecule has 39 heavy (non-hydrogen) atoms. The predicted octanol–water partition coefficient (Wildman–Crippen LogP) is 11.0. The van der Waals surface area contributed by atoms with Crippen LogP contribution in [-0.4, -0.2) is 22.2 Å². The van der Waals surface area contributed by atoms with Gasteiger partial charge in [0.2, 0.25) is 0 Å². The summed E-state index contributed by atoms with van der Waals surface area (Å²) in [6, 6.07) is 9.42. The van der Waals surface area contributed by atoms with Crippen LogP contribution in [0.5, 0.6) is 0 Å². The van der Waals surface area contributed by atoms with Gasteiger partial charge in [-0.2, -0.15) is 0 Å². The number of hydrogen-bond acceptors (Lipinski definition) is 2. The van der Waals surface area contributed by atoms with Crippen LogP contribution in [0.1, 0.15) is 166 Å². The summed E-state index contributed by atoms with van der Waals surface area (Å²) in [5, 5.41) is 18.1. The van der Waals surface area contributed by atoms with Crippen LogP contribution < -0.4 is 0 Å². The van der Waals surface area contributed by atoms with Crippen molar-refractivity contribution in [3.63, 3.8) is 0 Å². The Bertz CT molecular complexity index is 740. The first-order chi connectivity index (χ1) is 19.1. The van der Waals surface area contributed by atoms with E-state index >= 15 is 0 Å². The van der Waals surface area contributed by atoms with E-state index in [1.165, 1.54) is 128 Å². The Hall–Kier alpha value is -2.10. The largest absolute Gasteiger partial charge is 0.481 e. The van der Waals surface area contributed by atoms with Crippen LogP contribution in [0.3, 0.4) is 0 Å². The lowest BCUT2D eigenvalue weighted by Gasteiger charge is -2.04. The molecule has 4 heteroatoms. The van der Waals surface area contributed by atoms with Gasteiger partial charge in [0.15, 0.2) is 0 Å². The molecule has 0 saturated heterocycles. The molecule has 0 spiro atoms. The lowest BCUT2D eigenvalue weighted by Crippen LogP contribution is -1.99. The highest BCUT2D eigenvalue weighted by Gasteiger charge is 2.08.